The Bertz CT molecular complexity index is 544. The Hall–Kier alpha value is -1.91. The minimum Gasteiger partial charge on any atom is -0.421 e. The predicted molar refractivity (Wildman–Crippen MR) is 71.8 cm³/mol. The van der Waals surface area contributed by atoms with E-state index in [2.05, 4.69) is 16.8 Å². The van der Waals surface area contributed by atoms with Gasteiger partial charge in [-0.05, 0) is 26.5 Å². The highest BCUT2D eigenvalue weighted by atomic mass is 16.5. The Labute approximate surface area is 113 Å². The molecule has 1 aromatic heterocycles. The molecular weight excluding hydrogens is 242 g/mol. The molecule has 0 spiro atoms. The molecule has 0 aliphatic carbocycles. The Morgan fingerprint density at radius 1 is 1.32 bits per heavy atom. The van der Waals surface area contributed by atoms with Crippen LogP contribution in [0.1, 0.15) is 50.7 Å². The fourth-order valence-corrected chi connectivity index (χ4v) is 1.90. The van der Waals surface area contributed by atoms with Crippen molar-refractivity contribution in [3.63, 3.8) is 0 Å². The number of amides is 1. The van der Waals surface area contributed by atoms with E-state index in [-0.39, 0.29) is 23.2 Å². The highest BCUT2D eigenvalue weighted by Gasteiger charge is 2.33. The summed E-state index contributed by atoms with van der Waals surface area (Å²) in [7, 11) is 0. The van der Waals surface area contributed by atoms with Crippen LogP contribution in [0.15, 0.2) is 18.5 Å². The summed E-state index contributed by atoms with van der Waals surface area (Å²) in [5.41, 5.74) is 1.04. The molecule has 2 heterocycles. The number of hydrogen-bond donors (Lipinski definition) is 0. The fourth-order valence-electron chi connectivity index (χ4n) is 1.90. The van der Waals surface area contributed by atoms with Gasteiger partial charge in [-0.1, -0.05) is 20.8 Å². The van der Waals surface area contributed by atoms with E-state index < -0.39 is 0 Å². The standard InChI is InChI=1S/C14H19N3O2/c1-8(2)17-9(3)19-12-10(13(17)18)7-11(15-16-12)14(4,5)6/h7-8H,3H2,1-2,4-6H3. The molecule has 0 N–H and O–H groups in total. The summed E-state index contributed by atoms with van der Waals surface area (Å²) in [5.74, 6) is 0.395. The van der Waals surface area contributed by atoms with Gasteiger partial charge in [0.2, 0.25) is 0 Å². The lowest BCUT2D eigenvalue weighted by Crippen LogP contribution is -2.41. The van der Waals surface area contributed by atoms with Crippen molar-refractivity contribution >= 4 is 5.91 Å². The first-order valence-corrected chi connectivity index (χ1v) is 6.30. The lowest BCUT2D eigenvalue weighted by atomic mass is 9.91. The van der Waals surface area contributed by atoms with Crippen LogP contribution in [0, 0.1) is 0 Å². The van der Waals surface area contributed by atoms with E-state index in [0.717, 1.165) is 5.69 Å². The van der Waals surface area contributed by atoms with Gasteiger partial charge in [-0.2, -0.15) is 5.10 Å². The van der Waals surface area contributed by atoms with Gasteiger partial charge in [0.25, 0.3) is 11.8 Å². The molecule has 1 aliphatic rings. The largest absolute Gasteiger partial charge is 0.421 e. The molecule has 0 saturated heterocycles. The normalized spacial score (nSPS) is 15.6. The molecule has 0 saturated carbocycles. The number of rotatable bonds is 1. The minimum atomic E-state index is -0.167. The van der Waals surface area contributed by atoms with Gasteiger partial charge >= 0.3 is 0 Å². The predicted octanol–water partition coefficient (Wildman–Crippen LogP) is 2.49. The third kappa shape index (κ3) is 2.32. The van der Waals surface area contributed by atoms with Crippen LogP contribution in [-0.2, 0) is 5.41 Å². The molecule has 5 nitrogen and oxygen atoms in total. The van der Waals surface area contributed by atoms with Crippen LogP contribution in [0.25, 0.3) is 0 Å². The zero-order valence-electron chi connectivity index (χ0n) is 12.0. The first-order valence-electron chi connectivity index (χ1n) is 6.30. The van der Waals surface area contributed by atoms with Crippen molar-refractivity contribution in [2.45, 2.75) is 46.1 Å². The van der Waals surface area contributed by atoms with Gasteiger partial charge in [0, 0.05) is 11.5 Å². The molecule has 0 aromatic carbocycles. The summed E-state index contributed by atoms with van der Waals surface area (Å²) in [6, 6.07) is 1.74. The van der Waals surface area contributed by atoms with Crippen LogP contribution in [0.5, 0.6) is 5.88 Å². The average Bonchev–Trinajstić information content (AvgIpc) is 2.26. The second kappa shape index (κ2) is 4.33. The van der Waals surface area contributed by atoms with Gasteiger partial charge in [-0.15, -0.1) is 5.10 Å². The Kier molecular flexibility index (Phi) is 3.08. The number of ether oxygens (including phenoxy) is 1. The van der Waals surface area contributed by atoms with Crippen LogP contribution in [0.2, 0.25) is 0 Å². The molecule has 2 rings (SSSR count). The maximum absolute atomic E-state index is 12.5. The number of fused-ring (bicyclic) bond motifs is 1. The molecule has 5 heteroatoms. The molecule has 0 unspecified atom stereocenters. The number of aromatic nitrogens is 2. The summed E-state index contributed by atoms with van der Waals surface area (Å²) in [6.45, 7) is 13.7. The van der Waals surface area contributed by atoms with Crippen LogP contribution < -0.4 is 4.74 Å². The number of nitrogens with zero attached hydrogens (tertiary/aromatic N) is 3. The second-order valence-corrected chi connectivity index (χ2v) is 5.96. The van der Waals surface area contributed by atoms with Crippen LogP contribution in [0.4, 0.5) is 0 Å². The first-order chi connectivity index (χ1) is 8.71. The molecule has 1 amide bonds. The molecule has 1 aliphatic heterocycles. The number of carbonyl (C=O) groups excluding carboxylic acids is 1. The van der Waals surface area contributed by atoms with Crippen molar-refractivity contribution in [3.8, 4) is 5.88 Å². The van der Waals surface area contributed by atoms with Crippen molar-refractivity contribution in [1.29, 1.82) is 0 Å². The Morgan fingerprint density at radius 3 is 2.47 bits per heavy atom. The monoisotopic (exact) mass is 261 g/mol. The van der Waals surface area contributed by atoms with Crippen molar-refractivity contribution in [3.05, 3.63) is 29.8 Å². The Balaban J connectivity index is 2.51. The highest BCUT2D eigenvalue weighted by molar-refractivity contribution is 5.98. The zero-order chi connectivity index (χ0) is 14.4. The second-order valence-electron chi connectivity index (χ2n) is 5.96. The smallest absolute Gasteiger partial charge is 0.266 e. The van der Waals surface area contributed by atoms with Gasteiger partial charge in [-0.25, -0.2) is 0 Å². The van der Waals surface area contributed by atoms with Crippen LogP contribution >= 0.6 is 0 Å². The van der Waals surface area contributed by atoms with Gasteiger partial charge in [0.05, 0.1) is 5.69 Å². The fraction of sp³-hybridized carbons (Fsp3) is 0.500. The molecule has 0 radical (unpaired) electrons. The summed E-state index contributed by atoms with van der Waals surface area (Å²) in [4.78, 5) is 14.0. The average molecular weight is 261 g/mol. The summed E-state index contributed by atoms with van der Waals surface area (Å²) >= 11 is 0. The van der Waals surface area contributed by atoms with Gasteiger partial charge < -0.3 is 4.74 Å². The zero-order valence-corrected chi connectivity index (χ0v) is 12.0. The number of carbonyl (C=O) groups is 1. The highest BCUT2D eigenvalue weighted by Crippen LogP contribution is 2.30. The summed E-state index contributed by atoms with van der Waals surface area (Å²) in [5, 5.41) is 8.11. The Morgan fingerprint density at radius 2 is 1.95 bits per heavy atom. The molecule has 0 atom stereocenters. The van der Waals surface area contributed by atoms with E-state index in [1.807, 2.05) is 34.6 Å². The molecular formula is C14H19N3O2. The van der Waals surface area contributed by atoms with E-state index in [1.165, 1.54) is 4.90 Å². The van der Waals surface area contributed by atoms with Gasteiger partial charge in [-0.3, -0.25) is 9.69 Å². The maximum Gasteiger partial charge on any atom is 0.266 e. The lowest BCUT2D eigenvalue weighted by Gasteiger charge is -2.32. The number of hydrogen-bond acceptors (Lipinski definition) is 4. The third-order valence-corrected chi connectivity index (χ3v) is 2.98. The van der Waals surface area contributed by atoms with Crippen LogP contribution in [-0.4, -0.2) is 27.0 Å². The SMILES string of the molecule is C=C1Oc2nnc(C(C)(C)C)cc2C(=O)N1C(C)C. The maximum atomic E-state index is 12.5. The summed E-state index contributed by atoms with van der Waals surface area (Å²) in [6.07, 6.45) is 0. The molecule has 102 valence electrons. The van der Waals surface area contributed by atoms with Gasteiger partial charge in [0.1, 0.15) is 5.56 Å². The van der Waals surface area contributed by atoms with Crippen molar-refractivity contribution in [1.82, 2.24) is 15.1 Å². The quantitative estimate of drug-likeness (QED) is 0.779. The van der Waals surface area contributed by atoms with E-state index in [1.54, 1.807) is 6.07 Å². The molecule has 0 bridgehead atoms. The minimum absolute atomic E-state index is 0.0144. The van der Waals surface area contributed by atoms with E-state index in [4.69, 9.17) is 4.74 Å². The van der Waals surface area contributed by atoms with Crippen molar-refractivity contribution in [2.75, 3.05) is 0 Å². The molecule has 19 heavy (non-hydrogen) atoms. The van der Waals surface area contributed by atoms with Crippen LogP contribution in [0.3, 0.4) is 0 Å². The van der Waals surface area contributed by atoms with Crippen molar-refractivity contribution < 1.29 is 9.53 Å². The van der Waals surface area contributed by atoms with Gasteiger partial charge in [0.15, 0.2) is 5.88 Å². The first kappa shape index (κ1) is 13.5. The summed E-state index contributed by atoms with van der Waals surface area (Å²) < 4.78 is 5.48. The molecule has 0 fully saturated rings. The third-order valence-electron chi connectivity index (χ3n) is 2.98. The van der Waals surface area contributed by atoms with E-state index in [0.29, 0.717) is 11.4 Å². The van der Waals surface area contributed by atoms with Crippen molar-refractivity contribution in [2.24, 2.45) is 0 Å². The molecule has 1 aromatic rings. The topological polar surface area (TPSA) is 55.3 Å². The van der Waals surface area contributed by atoms with E-state index in [9.17, 15) is 4.79 Å². The van der Waals surface area contributed by atoms with E-state index >= 15 is 0 Å². The lowest BCUT2D eigenvalue weighted by molar-refractivity contribution is 0.0632.